The molecule has 3 aromatic rings. The van der Waals surface area contributed by atoms with Crippen LogP contribution in [0.1, 0.15) is 35.8 Å². The standard InChI is InChI=1S/C22H22N4O2/c1-15-6-2-3-7-16(15)12-21(28)26-11-5-9-19(26)22-24-18(13-20(27)25-22)17-8-4-10-23-14-17/h2-4,6-8,10,13-14,19H,5,9,11-12H2,1H3,(H,24,25,27)/t19-/m1/s1. The number of hydrogen-bond donors (Lipinski definition) is 1. The van der Waals surface area contributed by atoms with Gasteiger partial charge in [0.15, 0.2) is 0 Å². The number of amides is 1. The molecule has 0 spiro atoms. The smallest absolute Gasteiger partial charge is 0.251 e. The first-order chi connectivity index (χ1) is 13.6. The number of rotatable bonds is 4. The van der Waals surface area contributed by atoms with Crippen LogP contribution in [0.5, 0.6) is 0 Å². The Labute approximate surface area is 163 Å². The van der Waals surface area contributed by atoms with Crippen LogP contribution in [0.15, 0.2) is 59.7 Å². The van der Waals surface area contributed by atoms with Gasteiger partial charge in [-0.2, -0.15) is 0 Å². The van der Waals surface area contributed by atoms with Crippen molar-refractivity contribution in [3.8, 4) is 11.3 Å². The number of carbonyl (C=O) groups is 1. The highest BCUT2D eigenvalue weighted by Gasteiger charge is 2.32. The van der Waals surface area contributed by atoms with Crippen LogP contribution in [0.4, 0.5) is 0 Å². The third kappa shape index (κ3) is 3.71. The van der Waals surface area contributed by atoms with Crippen molar-refractivity contribution in [3.05, 3.63) is 82.2 Å². The highest BCUT2D eigenvalue weighted by molar-refractivity contribution is 5.79. The van der Waals surface area contributed by atoms with Gasteiger partial charge in [-0.25, -0.2) is 4.98 Å². The minimum atomic E-state index is -0.220. The van der Waals surface area contributed by atoms with Crippen LogP contribution >= 0.6 is 0 Å². The summed E-state index contributed by atoms with van der Waals surface area (Å²) in [5.74, 6) is 0.605. The molecule has 1 fully saturated rings. The molecule has 1 saturated heterocycles. The van der Waals surface area contributed by atoms with E-state index in [1.54, 1.807) is 12.4 Å². The van der Waals surface area contributed by atoms with E-state index in [-0.39, 0.29) is 17.5 Å². The molecule has 0 radical (unpaired) electrons. The van der Waals surface area contributed by atoms with E-state index in [4.69, 9.17) is 0 Å². The number of aromatic amines is 1. The van der Waals surface area contributed by atoms with Crippen LogP contribution in [0.2, 0.25) is 0 Å². The Morgan fingerprint density at radius 1 is 1.25 bits per heavy atom. The van der Waals surface area contributed by atoms with Crippen molar-refractivity contribution in [1.29, 1.82) is 0 Å². The fourth-order valence-electron chi connectivity index (χ4n) is 3.72. The molecule has 1 aliphatic heterocycles. The quantitative estimate of drug-likeness (QED) is 0.761. The first kappa shape index (κ1) is 18.1. The largest absolute Gasteiger partial charge is 0.332 e. The SMILES string of the molecule is Cc1ccccc1CC(=O)N1CCC[C@@H]1c1nc(-c2cccnc2)cc(=O)[nH]1. The third-order valence-electron chi connectivity index (χ3n) is 5.21. The molecule has 2 aromatic heterocycles. The molecule has 6 nitrogen and oxygen atoms in total. The Bertz CT molecular complexity index is 1050. The van der Waals surface area contributed by atoms with Crippen LogP contribution in [0.25, 0.3) is 11.3 Å². The third-order valence-corrected chi connectivity index (χ3v) is 5.21. The Hall–Kier alpha value is -3.28. The summed E-state index contributed by atoms with van der Waals surface area (Å²) in [5, 5.41) is 0. The Morgan fingerprint density at radius 3 is 2.89 bits per heavy atom. The number of nitrogens with zero attached hydrogens (tertiary/aromatic N) is 3. The molecule has 0 aliphatic carbocycles. The second-order valence-corrected chi connectivity index (χ2v) is 7.11. The number of pyridine rings is 1. The molecular formula is C22H22N4O2. The van der Waals surface area contributed by atoms with Crippen LogP contribution in [0.3, 0.4) is 0 Å². The molecule has 1 amide bonds. The molecule has 0 saturated carbocycles. The van der Waals surface area contributed by atoms with E-state index in [9.17, 15) is 9.59 Å². The monoisotopic (exact) mass is 374 g/mol. The number of H-pyrrole nitrogens is 1. The molecular weight excluding hydrogens is 352 g/mol. The molecule has 28 heavy (non-hydrogen) atoms. The number of hydrogen-bond acceptors (Lipinski definition) is 4. The van der Waals surface area contributed by atoms with Gasteiger partial charge in [0, 0.05) is 30.6 Å². The van der Waals surface area contributed by atoms with Gasteiger partial charge < -0.3 is 9.88 Å². The van der Waals surface area contributed by atoms with Gasteiger partial charge in [-0.3, -0.25) is 14.6 Å². The maximum Gasteiger partial charge on any atom is 0.251 e. The summed E-state index contributed by atoms with van der Waals surface area (Å²) in [7, 11) is 0. The van der Waals surface area contributed by atoms with Gasteiger partial charge in [-0.05, 0) is 43.0 Å². The molecule has 1 aromatic carbocycles. The van der Waals surface area contributed by atoms with E-state index < -0.39 is 0 Å². The Balaban J connectivity index is 1.62. The summed E-state index contributed by atoms with van der Waals surface area (Å²) in [6.45, 7) is 2.69. The zero-order chi connectivity index (χ0) is 19.5. The van der Waals surface area contributed by atoms with Gasteiger partial charge in [-0.1, -0.05) is 24.3 Å². The van der Waals surface area contributed by atoms with Gasteiger partial charge in [0.25, 0.3) is 5.56 Å². The van der Waals surface area contributed by atoms with Gasteiger partial charge in [0.05, 0.1) is 18.2 Å². The molecule has 1 aliphatic rings. The summed E-state index contributed by atoms with van der Waals surface area (Å²) in [6, 6.07) is 12.9. The number of carbonyl (C=O) groups excluding carboxylic acids is 1. The molecule has 4 rings (SSSR count). The van der Waals surface area contributed by atoms with Crippen molar-refractivity contribution in [1.82, 2.24) is 19.9 Å². The van der Waals surface area contributed by atoms with Gasteiger partial charge in [0.2, 0.25) is 5.91 Å². The summed E-state index contributed by atoms with van der Waals surface area (Å²) in [4.78, 5) is 38.7. The van der Waals surface area contributed by atoms with Gasteiger partial charge >= 0.3 is 0 Å². The van der Waals surface area contributed by atoms with Crippen molar-refractivity contribution < 1.29 is 4.79 Å². The van der Waals surface area contributed by atoms with E-state index in [0.29, 0.717) is 24.5 Å². The van der Waals surface area contributed by atoms with Crippen molar-refractivity contribution in [2.24, 2.45) is 0 Å². The lowest BCUT2D eigenvalue weighted by Gasteiger charge is -2.24. The lowest BCUT2D eigenvalue weighted by atomic mass is 10.0. The maximum atomic E-state index is 13.0. The van der Waals surface area contributed by atoms with E-state index in [2.05, 4.69) is 15.0 Å². The number of benzene rings is 1. The van der Waals surface area contributed by atoms with Crippen molar-refractivity contribution in [3.63, 3.8) is 0 Å². The zero-order valence-corrected chi connectivity index (χ0v) is 15.8. The van der Waals surface area contributed by atoms with E-state index in [0.717, 1.165) is 29.5 Å². The summed E-state index contributed by atoms with van der Waals surface area (Å²) in [5.41, 5.74) is 3.28. The summed E-state index contributed by atoms with van der Waals surface area (Å²) >= 11 is 0. The predicted molar refractivity (Wildman–Crippen MR) is 107 cm³/mol. The molecule has 0 unspecified atom stereocenters. The van der Waals surface area contributed by atoms with Crippen molar-refractivity contribution >= 4 is 5.91 Å². The van der Waals surface area contributed by atoms with Crippen LogP contribution in [-0.2, 0) is 11.2 Å². The minimum absolute atomic E-state index is 0.0613. The first-order valence-electron chi connectivity index (χ1n) is 9.47. The average Bonchev–Trinajstić information content (AvgIpc) is 3.20. The molecule has 6 heteroatoms. The highest BCUT2D eigenvalue weighted by Crippen LogP contribution is 2.31. The van der Waals surface area contributed by atoms with Crippen LogP contribution in [0, 0.1) is 6.92 Å². The van der Waals surface area contributed by atoms with E-state index in [1.165, 1.54) is 6.07 Å². The molecule has 0 bridgehead atoms. The fraction of sp³-hybridized carbons (Fsp3) is 0.273. The molecule has 1 N–H and O–H groups in total. The fourth-order valence-corrected chi connectivity index (χ4v) is 3.72. The molecule has 1 atom stereocenters. The maximum absolute atomic E-state index is 13.0. The van der Waals surface area contributed by atoms with E-state index >= 15 is 0 Å². The number of nitrogens with one attached hydrogen (secondary N) is 1. The van der Waals surface area contributed by atoms with Crippen LogP contribution < -0.4 is 5.56 Å². The Kier molecular flexibility index (Phi) is 5.02. The summed E-state index contributed by atoms with van der Waals surface area (Å²) < 4.78 is 0. The Morgan fingerprint density at radius 2 is 2.11 bits per heavy atom. The topological polar surface area (TPSA) is 79.0 Å². The van der Waals surface area contributed by atoms with Crippen LogP contribution in [-0.4, -0.2) is 32.3 Å². The minimum Gasteiger partial charge on any atom is -0.332 e. The normalized spacial score (nSPS) is 16.3. The first-order valence-corrected chi connectivity index (χ1v) is 9.47. The summed E-state index contributed by atoms with van der Waals surface area (Å²) in [6.07, 6.45) is 5.40. The van der Waals surface area contributed by atoms with Gasteiger partial charge in [0.1, 0.15) is 5.82 Å². The van der Waals surface area contributed by atoms with E-state index in [1.807, 2.05) is 48.2 Å². The predicted octanol–water partition coefficient (Wildman–Crippen LogP) is 3.05. The second kappa shape index (κ2) is 7.76. The molecule has 142 valence electrons. The second-order valence-electron chi connectivity index (χ2n) is 7.11. The van der Waals surface area contributed by atoms with Crippen molar-refractivity contribution in [2.45, 2.75) is 32.2 Å². The molecule has 3 heterocycles. The lowest BCUT2D eigenvalue weighted by molar-refractivity contribution is -0.131. The number of likely N-dealkylation sites (tertiary alicyclic amines) is 1. The number of aromatic nitrogens is 3. The van der Waals surface area contributed by atoms with Crippen molar-refractivity contribution in [2.75, 3.05) is 6.54 Å². The number of aryl methyl sites for hydroxylation is 1. The highest BCUT2D eigenvalue weighted by atomic mass is 16.2. The zero-order valence-electron chi connectivity index (χ0n) is 15.8. The van der Waals surface area contributed by atoms with Gasteiger partial charge in [-0.15, -0.1) is 0 Å². The lowest BCUT2D eigenvalue weighted by Crippen LogP contribution is -2.33. The average molecular weight is 374 g/mol.